The van der Waals surface area contributed by atoms with Crippen LogP contribution in [0.1, 0.15) is 5.56 Å². The predicted molar refractivity (Wildman–Crippen MR) is 109 cm³/mol. The van der Waals surface area contributed by atoms with Crippen molar-refractivity contribution >= 4 is 17.4 Å². The molecule has 0 spiro atoms. The van der Waals surface area contributed by atoms with Gasteiger partial charge in [-0.25, -0.2) is 14.6 Å². The van der Waals surface area contributed by atoms with Crippen molar-refractivity contribution in [2.75, 3.05) is 11.9 Å². The Morgan fingerprint density at radius 3 is 2.89 bits per heavy atom. The second-order valence-electron chi connectivity index (χ2n) is 6.14. The fourth-order valence-electron chi connectivity index (χ4n) is 2.86. The molecule has 0 atom stereocenters. The lowest BCUT2D eigenvalue weighted by molar-refractivity contribution is 0.812. The van der Waals surface area contributed by atoms with E-state index in [2.05, 4.69) is 25.4 Å². The SMILES string of the molecule is O=c1c(-c2cccnc2)c[nH]n1-c1cc(NCCc2cccc(Cl)c2)ncn1. The molecule has 140 valence electrons. The monoisotopic (exact) mass is 392 g/mol. The normalized spacial score (nSPS) is 10.8. The van der Waals surface area contributed by atoms with E-state index in [9.17, 15) is 4.79 Å². The van der Waals surface area contributed by atoms with Crippen LogP contribution in [0.5, 0.6) is 0 Å². The van der Waals surface area contributed by atoms with Crippen LogP contribution in [0, 0.1) is 0 Å². The van der Waals surface area contributed by atoms with Gasteiger partial charge in [-0.05, 0) is 30.2 Å². The van der Waals surface area contributed by atoms with Crippen LogP contribution < -0.4 is 10.9 Å². The average molecular weight is 393 g/mol. The minimum Gasteiger partial charge on any atom is -0.370 e. The summed E-state index contributed by atoms with van der Waals surface area (Å²) in [5.74, 6) is 1.09. The van der Waals surface area contributed by atoms with E-state index in [1.54, 1.807) is 30.7 Å². The van der Waals surface area contributed by atoms with Gasteiger partial charge in [-0.2, -0.15) is 0 Å². The third kappa shape index (κ3) is 3.94. The number of aromatic nitrogens is 5. The molecule has 3 heterocycles. The second-order valence-corrected chi connectivity index (χ2v) is 6.57. The molecule has 0 bridgehead atoms. The number of anilines is 1. The average Bonchev–Trinajstić information content (AvgIpc) is 3.10. The van der Waals surface area contributed by atoms with Crippen molar-refractivity contribution in [2.45, 2.75) is 6.42 Å². The minimum absolute atomic E-state index is 0.198. The molecule has 0 aliphatic rings. The van der Waals surface area contributed by atoms with Gasteiger partial charge in [0.15, 0.2) is 5.82 Å². The maximum absolute atomic E-state index is 12.7. The Hall–Kier alpha value is -3.45. The van der Waals surface area contributed by atoms with E-state index in [4.69, 9.17) is 11.6 Å². The molecule has 8 heteroatoms. The molecule has 3 aromatic heterocycles. The van der Waals surface area contributed by atoms with E-state index >= 15 is 0 Å². The topological polar surface area (TPSA) is 88.5 Å². The fraction of sp³-hybridized carbons (Fsp3) is 0.100. The van der Waals surface area contributed by atoms with Crippen LogP contribution in [0.4, 0.5) is 5.82 Å². The van der Waals surface area contributed by atoms with Gasteiger partial charge in [0, 0.05) is 41.8 Å². The van der Waals surface area contributed by atoms with Crippen molar-refractivity contribution in [3.05, 3.63) is 88.3 Å². The number of hydrogen-bond donors (Lipinski definition) is 2. The maximum atomic E-state index is 12.7. The molecule has 1 aromatic carbocycles. The van der Waals surface area contributed by atoms with Gasteiger partial charge in [0.2, 0.25) is 0 Å². The molecule has 2 N–H and O–H groups in total. The number of halogens is 1. The van der Waals surface area contributed by atoms with Gasteiger partial charge < -0.3 is 5.32 Å². The van der Waals surface area contributed by atoms with Crippen LogP contribution in [-0.4, -0.2) is 31.3 Å². The number of hydrogen-bond acceptors (Lipinski definition) is 5. The summed E-state index contributed by atoms with van der Waals surface area (Å²) in [6.45, 7) is 0.678. The molecule has 0 radical (unpaired) electrons. The zero-order chi connectivity index (χ0) is 19.3. The van der Waals surface area contributed by atoms with Crippen molar-refractivity contribution in [3.63, 3.8) is 0 Å². The number of aromatic amines is 1. The lowest BCUT2D eigenvalue weighted by Crippen LogP contribution is -2.17. The zero-order valence-electron chi connectivity index (χ0n) is 14.8. The molecule has 28 heavy (non-hydrogen) atoms. The Morgan fingerprint density at radius 1 is 1.14 bits per heavy atom. The lowest BCUT2D eigenvalue weighted by Gasteiger charge is -2.07. The van der Waals surface area contributed by atoms with Crippen LogP contribution in [0.2, 0.25) is 5.02 Å². The van der Waals surface area contributed by atoms with Gasteiger partial charge >= 0.3 is 0 Å². The molecule has 0 saturated heterocycles. The summed E-state index contributed by atoms with van der Waals surface area (Å²) in [4.78, 5) is 25.2. The molecular formula is C20H17ClN6O. The molecule has 0 aliphatic carbocycles. The van der Waals surface area contributed by atoms with Crippen LogP contribution in [0.3, 0.4) is 0 Å². The highest BCUT2D eigenvalue weighted by Crippen LogP contribution is 2.15. The first-order chi connectivity index (χ1) is 13.7. The van der Waals surface area contributed by atoms with Gasteiger partial charge in [-0.1, -0.05) is 29.8 Å². The second kappa shape index (κ2) is 8.06. The fourth-order valence-corrected chi connectivity index (χ4v) is 3.08. The Bertz CT molecular complexity index is 1140. The van der Waals surface area contributed by atoms with E-state index in [0.29, 0.717) is 23.7 Å². The van der Waals surface area contributed by atoms with E-state index in [0.717, 1.165) is 22.6 Å². The summed E-state index contributed by atoms with van der Waals surface area (Å²) >= 11 is 6.01. The number of H-pyrrole nitrogens is 1. The van der Waals surface area contributed by atoms with Gasteiger partial charge in [-0.15, -0.1) is 0 Å². The van der Waals surface area contributed by atoms with Crippen LogP contribution in [0.15, 0.2) is 72.2 Å². The summed E-state index contributed by atoms with van der Waals surface area (Å²) in [5, 5.41) is 6.91. The first kappa shape index (κ1) is 17.9. The number of nitrogens with zero attached hydrogens (tertiary/aromatic N) is 4. The Labute approximate surface area is 166 Å². The summed E-state index contributed by atoms with van der Waals surface area (Å²) in [5.41, 5.74) is 2.21. The highest BCUT2D eigenvalue weighted by molar-refractivity contribution is 6.30. The summed E-state index contributed by atoms with van der Waals surface area (Å²) in [6.07, 6.45) is 7.19. The summed E-state index contributed by atoms with van der Waals surface area (Å²) in [6, 6.07) is 13.1. The van der Waals surface area contributed by atoms with Crippen LogP contribution in [0.25, 0.3) is 16.9 Å². The van der Waals surface area contributed by atoms with Gasteiger partial charge in [0.1, 0.15) is 12.1 Å². The number of nitrogens with one attached hydrogen (secondary N) is 2. The van der Waals surface area contributed by atoms with E-state index in [1.807, 2.05) is 30.3 Å². The first-order valence-corrected chi connectivity index (χ1v) is 9.10. The molecule has 4 rings (SSSR count). The Balaban J connectivity index is 1.50. The molecule has 0 saturated carbocycles. The summed E-state index contributed by atoms with van der Waals surface area (Å²) < 4.78 is 1.38. The smallest absolute Gasteiger partial charge is 0.280 e. The molecule has 7 nitrogen and oxygen atoms in total. The van der Waals surface area contributed by atoms with Crippen molar-refractivity contribution in [3.8, 4) is 16.9 Å². The third-order valence-electron chi connectivity index (χ3n) is 4.23. The third-order valence-corrected chi connectivity index (χ3v) is 4.47. The maximum Gasteiger partial charge on any atom is 0.280 e. The largest absolute Gasteiger partial charge is 0.370 e. The molecule has 0 amide bonds. The van der Waals surface area contributed by atoms with E-state index in [-0.39, 0.29) is 5.56 Å². The first-order valence-electron chi connectivity index (χ1n) is 8.72. The highest BCUT2D eigenvalue weighted by Gasteiger charge is 2.11. The van der Waals surface area contributed by atoms with Crippen molar-refractivity contribution < 1.29 is 0 Å². The Morgan fingerprint density at radius 2 is 2.07 bits per heavy atom. The van der Waals surface area contributed by atoms with Crippen molar-refractivity contribution in [1.82, 2.24) is 24.7 Å². The number of pyridine rings is 1. The van der Waals surface area contributed by atoms with Crippen LogP contribution >= 0.6 is 11.6 Å². The number of benzene rings is 1. The summed E-state index contributed by atoms with van der Waals surface area (Å²) in [7, 11) is 0. The molecule has 4 aromatic rings. The van der Waals surface area contributed by atoms with Crippen LogP contribution in [-0.2, 0) is 6.42 Å². The highest BCUT2D eigenvalue weighted by atomic mass is 35.5. The zero-order valence-corrected chi connectivity index (χ0v) is 15.6. The molecular weight excluding hydrogens is 376 g/mol. The van der Waals surface area contributed by atoms with Gasteiger partial charge in [0.25, 0.3) is 5.56 Å². The quantitative estimate of drug-likeness (QED) is 0.525. The van der Waals surface area contributed by atoms with E-state index < -0.39 is 0 Å². The molecule has 0 aliphatic heterocycles. The minimum atomic E-state index is -0.198. The van der Waals surface area contributed by atoms with Gasteiger partial charge in [0.05, 0.1) is 5.56 Å². The van der Waals surface area contributed by atoms with Crippen molar-refractivity contribution in [2.24, 2.45) is 0 Å². The van der Waals surface area contributed by atoms with Gasteiger partial charge in [-0.3, -0.25) is 14.9 Å². The predicted octanol–water partition coefficient (Wildman–Crippen LogP) is 3.33. The number of rotatable bonds is 6. The standard InChI is InChI=1S/C20H17ClN6O/c21-16-5-1-3-14(9-16)6-8-23-18-10-19(25-13-24-18)27-20(28)17(12-26-27)15-4-2-7-22-11-15/h1-5,7,9-13,26H,6,8H2,(H,23,24,25). The molecule has 0 fully saturated rings. The van der Waals surface area contributed by atoms with E-state index in [1.165, 1.54) is 11.0 Å². The van der Waals surface area contributed by atoms with Crippen molar-refractivity contribution in [1.29, 1.82) is 0 Å². The lowest BCUT2D eigenvalue weighted by atomic mass is 10.1. The molecule has 0 unspecified atom stereocenters. The Kier molecular flexibility index (Phi) is 5.16.